The average molecular weight is 514 g/mol. The van der Waals surface area contributed by atoms with Crippen molar-refractivity contribution >= 4 is 35.0 Å². The molecule has 7 nitrogen and oxygen atoms in total. The van der Waals surface area contributed by atoms with E-state index < -0.39 is 11.8 Å². The molecule has 0 saturated heterocycles. The van der Waals surface area contributed by atoms with Gasteiger partial charge in [0.25, 0.3) is 0 Å². The molecule has 0 aliphatic rings. The van der Waals surface area contributed by atoms with Gasteiger partial charge in [-0.05, 0) is 49.2 Å². The van der Waals surface area contributed by atoms with Crippen LogP contribution in [0, 0.1) is 12.7 Å². The molecule has 9 heteroatoms. The number of carbonyl (C=O) groups is 2. The Kier molecular flexibility index (Phi) is 8.74. The van der Waals surface area contributed by atoms with Crippen LogP contribution in [0.3, 0.4) is 0 Å². The van der Waals surface area contributed by atoms with Gasteiger partial charge in [0.05, 0.1) is 16.4 Å². The molecule has 3 amide bonds. The maximum atomic E-state index is 13.5. The predicted molar refractivity (Wildman–Crippen MR) is 143 cm³/mol. The molecular weight excluding hydrogens is 481 g/mol. The maximum absolute atomic E-state index is 13.5. The molecule has 0 saturated carbocycles. The number of hydrogen-bond donors (Lipinski definition) is 2. The van der Waals surface area contributed by atoms with E-state index in [2.05, 4.69) is 31.4 Å². The Morgan fingerprint density at radius 2 is 1.86 bits per heavy atom. The number of rotatable bonds is 8. The van der Waals surface area contributed by atoms with Gasteiger partial charge in [0.2, 0.25) is 5.91 Å². The highest BCUT2D eigenvalue weighted by Crippen LogP contribution is 2.27. The van der Waals surface area contributed by atoms with Crippen LogP contribution in [0.1, 0.15) is 51.8 Å². The van der Waals surface area contributed by atoms with Gasteiger partial charge in [0.15, 0.2) is 0 Å². The van der Waals surface area contributed by atoms with E-state index in [1.54, 1.807) is 4.68 Å². The molecule has 36 heavy (non-hydrogen) atoms. The quantitative estimate of drug-likeness (QED) is 0.358. The molecule has 3 rings (SSSR count). The molecule has 192 valence electrons. The lowest BCUT2D eigenvalue weighted by molar-refractivity contribution is -0.116. The van der Waals surface area contributed by atoms with Crippen LogP contribution in [0.15, 0.2) is 48.5 Å². The minimum Gasteiger partial charge on any atom is -0.315 e. The smallest absolute Gasteiger partial charge is 0.315 e. The lowest BCUT2D eigenvalue weighted by Crippen LogP contribution is -2.41. The van der Waals surface area contributed by atoms with Crippen molar-refractivity contribution in [3.63, 3.8) is 0 Å². The number of amides is 3. The highest BCUT2D eigenvalue weighted by atomic mass is 35.5. The van der Waals surface area contributed by atoms with E-state index in [-0.39, 0.29) is 22.9 Å². The van der Waals surface area contributed by atoms with Crippen molar-refractivity contribution in [3.8, 4) is 5.69 Å². The molecule has 0 aliphatic carbocycles. The van der Waals surface area contributed by atoms with Gasteiger partial charge in [-0.1, -0.05) is 57.8 Å². The summed E-state index contributed by atoms with van der Waals surface area (Å²) in [5.41, 5.74) is 2.85. The van der Waals surface area contributed by atoms with E-state index in [9.17, 15) is 14.0 Å². The molecule has 0 radical (unpaired) electrons. The summed E-state index contributed by atoms with van der Waals surface area (Å²) >= 11 is 5.83. The largest absolute Gasteiger partial charge is 0.322 e. The van der Waals surface area contributed by atoms with Crippen LogP contribution < -0.4 is 10.6 Å². The minimum atomic E-state index is -0.572. The predicted octanol–water partition coefficient (Wildman–Crippen LogP) is 6.54. The zero-order chi connectivity index (χ0) is 26.5. The highest BCUT2D eigenvalue weighted by Gasteiger charge is 2.23. The summed E-state index contributed by atoms with van der Waals surface area (Å²) in [5, 5.41) is 10.3. The third-order valence-electron chi connectivity index (χ3n) is 5.57. The van der Waals surface area contributed by atoms with Gasteiger partial charge in [-0.3, -0.25) is 4.79 Å². The first kappa shape index (κ1) is 27.2. The Morgan fingerprint density at radius 3 is 2.50 bits per heavy atom. The van der Waals surface area contributed by atoms with Gasteiger partial charge in [0, 0.05) is 23.7 Å². The van der Waals surface area contributed by atoms with Crippen LogP contribution in [-0.2, 0) is 10.2 Å². The van der Waals surface area contributed by atoms with Crippen LogP contribution in [-0.4, -0.2) is 39.7 Å². The molecule has 1 heterocycles. The molecular formula is C27H33ClFN5O2. The van der Waals surface area contributed by atoms with Crippen LogP contribution in [0.4, 0.5) is 20.7 Å². The van der Waals surface area contributed by atoms with E-state index >= 15 is 0 Å². The average Bonchev–Trinajstić information content (AvgIpc) is 3.23. The van der Waals surface area contributed by atoms with E-state index in [0.29, 0.717) is 18.1 Å². The van der Waals surface area contributed by atoms with Gasteiger partial charge >= 0.3 is 6.03 Å². The number of hydrogen-bond acceptors (Lipinski definition) is 3. The Labute approximate surface area is 216 Å². The normalized spacial score (nSPS) is 11.3. The lowest BCUT2D eigenvalue weighted by Gasteiger charge is -2.22. The number of aromatic nitrogens is 2. The zero-order valence-electron chi connectivity index (χ0n) is 21.4. The molecule has 3 aromatic rings. The van der Waals surface area contributed by atoms with Crippen LogP contribution in [0.25, 0.3) is 5.69 Å². The number of anilines is 2. The number of halogens is 2. The fourth-order valence-electron chi connectivity index (χ4n) is 3.53. The van der Waals surface area contributed by atoms with Crippen molar-refractivity contribution in [1.29, 1.82) is 0 Å². The highest BCUT2D eigenvalue weighted by molar-refractivity contribution is 6.31. The summed E-state index contributed by atoms with van der Waals surface area (Å²) in [6.07, 6.45) is 1.57. The first-order valence-electron chi connectivity index (χ1n) is 12.0. The van der Waals surface area contributed by atoms with Crippen LogP contribution >= 0.6 is 11.6 Å². The second kappa shape index (κ2) is 11.6. The number of carbonyl (C=O) groups excluding carboxylic acids is 2. The summed E-state index contributed by atoms with van der Waals surface area (Å²) in [7, 11) is 0. The summed E-state index contributed by atoms with van der Waals surface area (Å²) in [6, 6.07) is 13.2. The first-order chi connectivity index (χ1) is 17.0. The maximum Gasteiger partial charge on any atom is 0.322 e. The monoisotopic (exact) mass is 513 g/mol. The van der Waals surface area contributed by atoms with Crippen molar-refractivity contribution in [2.24, 2.45) is 0 Å². The van der Waals surface area contributed by atoms with Gasteiger partial charge in [0.1, 0.15) is 18.2 Å². The van der Waals surface area contributed by atoms with Gasteiger partial charge < -0.3 is 15.5 Å². The molecule has 0 atom stereocenters. The van der Waals surface area contributed by atoms with E-state index in [1.165, 1.54) is 23.1 Å². The van der Waals surface area contributed by atoms with Crippen molar-refractivity contribution in [2.45, 2.75) is 52.9 Å². The lowest BCUT2D eigenvalue weighted by atomic mass is 9.92. The topological polar surface area (TPSA) is 79.3 Å². The summed E-state index contributed by atoms with van der Waals surface area (Å²) in [6.45, 7) is 10.4. The second-order valence-corrected chi connectivity index (χ2v) is 10.2. The van der Waals surface area contributed by atoms with Crippen LogP contribution in [0.5, 0.6) is 0 Å². The number of nitrogens with one attached hydrogen (secondary N) is 2. The number of aryl methyl sites for hydroxylation is 1. The fraction of sp³-hybridized carbons (Fsp3) is 0.370. The number of benzene rings is 2. The summed E-state index contributed by atoms with van der Waals surface area (Å²) in [4.78, 5) is 27.5. The van der Waals surface area contributed by atoms with Crippen molar-refractivity contribution in [3.05, 3.63) is 70.6 Å². The zero-order valence-corrected chi connectivity index (χ0v) is 22.1. The summed E-state index contributed by atoms with van der Waals surface area (Å²) < 4.78 is 15.2. The molecule has 2 aromatic carbocycles. The Morgan fingerprint density at radius 1 is 1.11 bits per heavy atom. The minimum absolute atomic E-state index is 0.0929. The molecule has 0 bridgehead atoms. The second-order valence-electron chi connectivity index (χ2n) is 9.80. The van der Waals surface area contributed by atoms with E-state index in [4.69, 9.17) is 16.7 Å². The first-order valence-corrected chi connectivity index (χ1v) is 12.3. The van der Waals surface area contributed by atoms with Crippen LogP contribution in [0.2, 0.25) is 5.02 Å². The molecule has 0 unspecified atom stereocenters. The van der Waals surface area contributed by atoms with Gasteiger partial charge in [-0.2, -0.15) is 5.10 Å². The van der Waals surface area contributed by atoms with Crippen molar-refractivity contribution in [1.82, 2.24) is 14.7 Å². The SMILES string of the molecule is CCCCN(CC(=O)Nc1cc(C(C)(C)C)nn1-c1cccc(C)c1)C(=O)Nc1ccc(F)c(Cl)c1. The Balaban J connectivity index is 1.81. The molecule has 0 spiro atoms. The molecule has 0 aliphatic heterocycles. The number of urea groups is 1. The number of unbranched alkanes of at least 4 members (excludes halogenated alkanes) is 1. The Bertz CT molecular complexity index is 1240. The Hall–Kier alpha value is -3.39. The fourth-order valence-corrected chi connectivity index (χ4v) is 3.71. The van der Waals surface area contributed by atoms with E-state index in [1.807, 2.05) is 44.2 Å². The molecule has 1 aromatic heterocycles. The third kappa shape index (κ3) is 7.07. The van der Waals surface area contributed by atoms with E-state index in [0.717, 1.165) is 29.8 Å². The summed E-state index contributed by atoms with van der Waals surface area (Å²) in [5.74, 6) is -0.402. The van der Waals surface area contributed by atoms with Crippen molar-refractivity contribution < 1.29 is 14.0 Å². The number of nitrogens with zero attached hydrogens (tertiary/aromatic N) is 3. The molecule has 0 fully saturated rings. The third-order valence-corrected chi connectivity index (χ3v) is 5.86. The molecule has 2 N–H and O–H groups in total. The van der Waals surface area contributed by atoms with Gasteiger partial charge in [-0.25, -0.2) is 13.9 Å². The van der Waals surface area contributed by atoms with Crippen molar-refractivity contribution in [2.75, 3.05) is 23.7 Å². The van der Waals surface area contributed by atoms with Gasteiger partial charge in [-0.15, -0.1) is 0 Å². The standard InChI is InChI=1S/C27H33ClFN5O2/c1-6-7-13-33(26(36)30-19-11-12-22(29)21(28)15-19)17-25(35)31-24-16-23(27(3,4)5)32-34(24)20-10-8-9-18(2)14-20/h8-12,14-16H,6-7,13,17H2,1-5H3,(H,30,36)(H,31,35).